The van der Waals surface area contributed by atoms with Gasteiger partial charge in [-0.1, -0.05) is 6.92 Å². The van der Waals surface area contributed by atoms with Crippen molar-refractivity contribution >= 4 is 33.7 Å². The quantitative estimate of drug-likeness (QED) is 0.468. The van der Waals surface area contributed by atoms with Crippen molar-refractivity contribution in [3.63, 3.8) is 0 Å². The number of amides is 2. The van der Waals surface area contributed by atoms with E-state index in [2.05, 4.69) is 21.2 Å². The molecule has 0 heterocycles. The smallest absolute Gasteiger partial charge is 0.340 e. The number of halogens is 1. The van der Waals surface area contributed by atoms with Crippen molar-refractivity contribution in [3.8, 4) is 0 Å². The van der Waals surface area contributed by atoms with Gasteiger partial charge < -0.3 is 16.2 Å². The zero-order chi connectivity index (χ0) is 12.1. The molecule has 0 spiro atoms. The number of carboxylic acids is 1. The van der Waals surface area contributed by atoms with E-state index in [9.17, 15) is 14.4 Å². The average molecular weight is 281 g/mol. The first-order chi connectivity index (χ1) is 6.81. The second-order valence-corrected chi connectivity index (χ2v) is 4.33. The number of hydrogen-bond donors (Lipinski definition) is 3. The predicted molar refractivity (Wildman–Crippen MR) is 56.2 cm³/mol. The van der Waals surface area contributed by atoms with Crippen LogP contribution in [0, 0.1) is 0 Å². The van der Waals surface area contributed by atoms with Crippen molar-refractivity contribution in [2.45, 2.75) is 30.6 Å². The van der Waals surface area contributed by atoms with E-state index in [1.54, 1.807) is 6.92 Å². The number of nitrogens with one attached hydrogen (secondary N) is 1. The Labute approximate surface area is 95.3 Å². The molecule has 7 heteroatoms. The van der Waals surface area contributed by atoms with Crippen molar-refractivity contribution in [2.75, 3.05) is 0 Å². The van der Waals surface area contributed by atoms with Crippen molar-refractivity contribution in [1.82, 2.24) is 5.32 Å². The summed E-state index contributed by atoms with van der Waals surface area (Å²) in [5, 5.41) is 11.1. The van der Waals surface area contributed by atoms with E-state index in [-0.39, 0.29) is 19.3 Å². The number of nitrogens with two attached hydrogens (primary N) is 1. The van der Waals surface area contributed by atoms with Crippen LogP contribution >= 0.6 is 15.9 Å². The van der Waals surface area contributed by atoms with Gasteiger partial charge in [-0.3, -0.25) is 9.59 Å². The van der Waals surface area contributed by atoms with Crippen LogP contribution in [0.3, 0.4) is 0 Å². The standard InChI is InChI=1S/C8H13BrN2O4/c1-2-6(13)11-8(9,7(14)15)4-3-5(10)12/h2-4H2,1H3,(H2,10,12)(H,11,13)(H,14,15)/t8-/m0/s1. The number of aliphatic carboxylic acids is 1. The molecule has 1 atom stereocenters. The summed E-state index contributed by atoms with van der Waals surface area (Å²) in [6.07, 6.45) is -0.0534. The van der Waals surface area contributed by atoms with Crippen molar-refractivity contribution in [1.29, 1.82) is 0 Å². The van der Waals surface area contributed by atoms with E-state index >= 15 is 0 Å². The van der Waals surface area contributed by atoms with Gasteiger partial charge in [0.1, 0.15) is 0 Å². The van der Waals surface area contributed by atoms with E-state index in [1.165, 1.54) is 0 Å². The SMILES string of the molecule is CCC(=O)N[C@@](Br)(CCC(N)=O)C(=O)O. The third kappa shape index (κ3) is 4.78. The summed E-state index contributed by atoms with van der Waals surface area (Å²) in [6, 6.07) is 0. The maximum Gasteiger partial charge on any atom is 0.340 e. The lowest BCUT2D eigenvalue weighted by Crippen LogP contribution is -2.49. The van der Waals surface area contributed by atoms with E-state index in [4.69, 9.17) is 10.8 Å². The molecule has 0 saturated carbocycles. The molecule has 0 saturated heterocycles. The summed E-state index contributed by atoms with van der Waals surface area (Å²) in [6.45, 7) is 1.60. The highest BCUT2D eigenvalue weighted by Crippen LogP contribution is 2.21. The van der Waals surface area contributed by atoms with Gasteiger partial charge in [0.25, 0.3) is 0 Å². The van der Waals surface area contributed by atoms with Crippen LogP contribution in [-0.4, -0.2) is 27.3 Å². The summed E-state index contributed by atoms with van der Waals surface area (Å²) < 4.78 is -1.62. The molecule has 0 aromatic rings. The topological polar surface area (TPSA) is 109 Å². The molecule has 0 rings (SSSR count). The van der Waals surface area contributed by atoms with Gasteiger partial charge in [0.15, 0.2) is 4.45 Å². The Morgan fingerprint density at radius 2 is 2.00 bits per heavy atom. The number of carbonyl (C=O) groups excluding carboxylic acids is 2. The predicted octanol–water partition coefficient (Wildman–Crippen LogP) is -0.0461. The Bertz CT molecular complexity index is 282. The molecule has 0 unspecified atom stereocenters. The Kier molecular flexibility index (Phi) is 5.27. The summed E-state index contributed by atoms with van der Waals surface area (Å²) in [7, 11) is 0. The zero-order valence-electron chi connectivity index (χ0n) is 8.25. The van der Waals surface area contributed by atoms with Crippen molar-refractivity contribution in [3.05, 3.63) is 0 Å². The number of carbonyl (C=O) groups is 3. The number of primary amides is 1. The lowest BCUT2D eigenvalue weighted by molar-refractivity contribution is -0.143. The molecule has 6 nitrogen and oxygen atoms in total. The van der Waals surface area contributed by atoms with Gasteiger partial charge in [0.05, 0.1) is 0 Å². The summed E-state index contributed by atoms with van der Waals surface area (Å²) >= 11 is 2.88. The van der Waals surface area contributed by atoms with Crippen molar-refractivity contribution < 1.29 is 19.5 Å². The van der Waals surface area contributed by atoms with Gasteiger partial charge >= 0.3 is 5.97 Å². The molecule has 0 radical (unpaired) electrons. The normalized spacial score (nSPS) is 14.0. The highest BCUT2D eigenvalue weighted by atomic mass is 79.9. The molecular weight excluding hydrogens is 268 g/mol. The van der Waals surface area contributed by atoms with Gasteiger partial charge in [-0.05, 0) is 15.9 Å². The monoisotopic (exact) mass is 280 g/mol. The van der Waals surface area contributed by atoms with Crippen LogP contribution in [0.5, 0.6) is 0 Å². The van der Waals surface area contributed by atoms with Crippen LogP contribution in [0.4, 0.5) is 0 Å². The highest BCUT2D eigenvalue weighted by Gasteiger charge is 2.36. The highest BCUT2D eigenvalue weighted by molar-refractivity contribution is 9.10. The third-order valence-corrected chi connectivity index (χ3v) is 2.65. The molecule has 0 aliphatic heterocycles. The minimum absolute atomic E-state index is 0.0938. The van der Waals surface area contributed by atoms with Gasteiger partial charge in [0, 0.05) is 19.3 Å². The Hall–Kier alpha value is -1.11. The van der Waals surface area contributed by atoms with E-state index < -0.39 is 22.2 Å². The van der Waals surface area contributed by atoms with Crippen LogP contribution in [0.25, 0.3) is 0 Å². The van der Waals surface area contributed by atoms with Crippen LogP contribution in [0.2, 0.25) is 0 Å². The summed E-state index contributed by atoms with van der Waals surface area (Å²) in [4.78, 5) is 32.4. The molecule has 0 aliphatic carbocycles. The van der Waals surface area contributed by atoms with Crippen LogP contribution in [0.15, 0.2) is 0 Å². The molecule has 2 amide bonds. The zero-order valence-corrected chi connectivity index (χ0v) is 9.83. The lowest BCUT2D eigenvalue weighted by Gasteiger charge is -2.23. The van der Waals surface area contributed by atoms with Crippen molar-refractivity contribution in [2.24, 2.45) is 5.73 Å². The second-order valence-electron chi connectivity index (χ2n) is 2.97. The fourth-order valence-corrected chi connectivity index (χ4v) is 1.25. The molecular formula is C8H13BrN2O4. The fraction of sp³-hybridized carbons (Fsp3) is 0.625. The first-order valence-electron chi connectivity index (χ1n) is 4.33. The first kappa shape index (κ1) is 13.9. The number of carboxylic acid groups (broad SMARTS) is 1. The Morgan fingerprint density at radius 3 is 2.33 bits per heavy atom. The molecule has 4 N–H and O–H groups in total. The number of rotatable bonds is 6. The summed E-state index contributed by atoms with van der Waals surface area (Å²) in [5.41, 5.74) is 4.90. The molecule has 86 valence electrons. The molecule has 0 aromatic heterocycles. The molecule has 15 heavy (non-hydrogen) atoms. The van der Waals surface area contributed by atoms with E-state index in [0.29, 0.717) is 0 Å². The maximum absolute atomic E-state index is 11.1. The lowest BCUT2D eigenvalue weighted by atomic mass is 10.1. The third-order valence-electron chi connectivity index (χ3n) is 1.71. The molecule has 0 bridgehead atoms. The largest absolute Gasteiger partial charge is 0.479 e. The van der Waals surface area contributed by atoms with Crippen LogP contribution < -0.4 is 11.1 Å². The average Bonchev–Trinajstić information content (AvgIpc) is 2.14. The number of alkyl halides is 1. The minimum Gasteiger partial charge on any atom is -0.479 e. The molecule has 0 aliphatic rings. The number of hydrogen-bond acceptors (Lipinski definition) is 3. The van der Waals surface area contributed by atoms with Gasteiger partial charge in [-0.25, -0.2) is 4.79 Å². The molecule has 0 fully saturated rings. The van der Waals surface area contributed by atoms with E-state index in [1.807, 2.05) is 0 Å². The molecule has 0 aromatic carbocycles. The van der Waals surface area contributed by atoms with E-state index in [0.717, 1.165) is 0 Å². The maximum atomic E-state index is 11.1. The summed E-state index contributed by atoms with van der Waals surface area (Å²) in [5.74, 6) is -2.30. The van der Waals surface area contributed by atoms with Crippen LogP contribution in [0.1, 0.15) is 26.2 Å². The minimum atomic E-state index is -1.62. The van der Waals surface area contributed by atoms with Crippen LogP contribution in [-0.2, 0) is 14.4 Å². The van der Waals surface area contributed by atoms with Gasteiger partial charge in [-0.2, -0.15) is 0 Å². The first-order valence-corrected chi connectivity index (χ1v) is 5.12. The second kappa shape index (κ2) is 5.69. The Morgan fingerprint density at radius 1 is 1.47 bits per heavy atom. The van der Waals surface area contributed by atoms with Gasteiger partial charge in [-0.15, -0.1) is 0 Å². The van der Waals surface area contributed by atoms with Gasteiger partial charge in [0.2, 0.25) is 11.8 Å². The Balaban J connectivity index is 4.52. The fourth-order valence-electron chi connectivity index (χ4n) is 0.828.